The van der Waals surface area contributed by atoms with Crippen LogP contribution in [-0.4, -0.2) is 24.3 Å². The van der Waals surface area contributed by atoms with Crippen LogP contribution in [0.3, 0.4) is 0 Å². The first-order valence-electron chi connectivity index (χ1n) is 6.48. The van der Waals surface area contributed by atoms with Crippen molar-refractivity contribution in [1.29, 1.82) is 0 Å². The topological polar surface area (TPSA) is 23.5 Å². The number of halogens is 3. The summed E-state index contributed by atoms with van der Waals surface area (Å²) in [5.41, 5.74) is 0.485. The Hall–Kier alpha value is -1.23. The van der Waals surface area contributed by atoms with E-state index >= 15 is 0 Å². The maximum absolute atomic E-state index is 12.6. The fourth-order valence-electron chi connectivity index (χ4n) is 2.09. The van der Waals surface area contributed by atoms with Crippen LogP contribution >= 0.6 is 0 Å². The van der Waals surface area contributed by atoms with Crippen molar-refractivity contribution in [2.24, 2.45) is 0 Å². The second-order valence-electron chi connectivity index (χ2n) is 4.44. The third-order valence-corrected chi connectivity index (χ3v) is 2.92. The summed E-state index contributed by atoms with van der Waals surface area (Å²) < 4.78 is 37.9. The van der Waals surface area contributed by atoms with Gasteiger partial charge in [0.05, 0.1) is 11.7 Å². The zero-order valence-corrected chi connectivity index (χ0v) is 11.5. The first-order chi connectivity index (χ1) is 8.86. The van der Waals surface area contributed by atoms with Gasteiger partial charge in [0, 0.05) is 18.8 Å². The molecule has 0 radical (unpaired) electrons. The summed E-state index contributed by atoms with van der Waals surface area (Å²) in [5, 5.41) is 9.40. The molecule has 2 rings (SSSR count). The van der Waals surface area contributed by atoms with Crippen molar-refractivity contribution in [3.8, 4) is 0 Å². The number of anilines is 1. The number of aryl methyl sites for hydroxylation is 1. The number of aliphatic hydroxyl groups is 1. The van der Waals surface area contributed by atoms with Gasteiger partial charge in [0.15, 0.2) is 0 Å². The van der Waals surface area contributed by atoms with Gasteiger partial charge < -0.3 is 10.0 Å². The monoisotopic (exact) mass is 275 g/mol. The summed E-state index contributed by atoms with van der Waals surface area (Å²) in [5.74, 6) is 0. The molecule has 0 aliphatic carbocycles. The largest absolute Gasteiger partial charge is 0.416 e. The predicted molar refractivity (Wildman–Crippen MR) is 70.4 cm³/mol. The lowest BCUT2D eigenvalue weighted by Crippen LogP contribution is -2.21. The van der Waals surface area contributed by atoms with E-state index in [9.17, 15) is 18.3 Å². The average Bonchev–Trinajstić information content (AvgIpc) is 2.77. The van der Waals surface area contributed by atoms with Gasteiger partial charge in [-0.05, 0) is 37.1 Å². The molecule has 1 heterocycles. The molecule has 1 atom stereocenters. The summed E-state index contributed by atoms with van der Waals surface area (Å²) in [6, 6.07) is 3.99. The molecule has 5 heteroatoms. The molecule has 1 aromatic carbocycles. The maximum Gasteiger partial charge on any atom is 0.416 e. The Labute approximate surface area is 111 Å². The van der Waals surface area contributed by atoms with Crippen LogP contribution in [0.25, 0.3) is 0 Å². The van der Waals surface area contributed by atoms with E-state index in [1.807, 2.05) is 13.8 Å². The van der Waals surface area contributed by atoms with Crippen LogP contribution in [0.15, 0.2) is 18.2 Å². The number of alkyl halides is 3. The zero-order chi connectivity index (χ0) is 14.6. The second kappa shape index (κ2) is 6.28. The summed E-state index contributed by atoms with van der Waals surface area (Å²) in [4.78, 5) is 1.78. The molecule has 0 spiro atoms. The maximum atomic E-state index is 12.6. The molecule has 1 unspecified atom stereocenters. The van der Waals surface area contributed by atoms with E-state index in [4.69, 9.17) is 0 Å². The van der Waals surface area contributed by atoms with Gasteiger partial charge >= 0.3 is 6.18 Å². The number of aliphatic hydroxyl groups excluding tert-OH is 1. The van der Waals surface area contributed by atoms with Gasteiger partial charge in [-0.1, -0.05) is 13.8 Å². The van der Waals surface area contributed by atoms with Gasteiger partial charge in [0.1, 0.15) is 0 Å². The summed E-state index contributed by atoms with van der Waals surface area (Å²) in [6.07, 6.45) is -4.15. The Morgan fingerprint density at radius 1 is 1.21 bits per heavy atom. The van der Waals surface area contributed by atoms with Gasteiger partial charge in [0.25, 0.3) is 0 Å². The van der Waals surface area contributed by atoms with E-state index in [0.717, 1.165) is 12.1 Å². The highest BCUT2D eigenvalue weighted by Crippen LogP contribution is 2.33. The van der Waals surface area contributed by atoms with E-state index < -0.39 is 17.8 Å². The van der Waals surface area contributed by atoms with Crippen LogP contribution in [0.2, 0.25) is 0 Å². The van der Waals surface area contributed by atoms with Crippen LogP contribution in [-0.2, 0) is 6.18 Å². The molecule has 0 aromatic heterocycles. The first-order valence-corrected chi connectivity index (χ1v) is 6.48. The molecular formula is C14H20F3NO. The third kappa shape index (κ3) is 4.13. The number of rotatable bonds is 1. The van der Waals surface area contributed by atoms with E-state index in [2.05, 4.69) is 0 Å². The Morgan fingerprint density at radius 2 is 1.84 bits per heavy atom. The van der Waals surface area contributed by atoms with Crippen molar-refractivity contribution in [2.45, 2.75) is 39.5 Å². The Kier molecular flexibility index (Phi) is 5.23. The smallest absolute Gasteiger partial charge is 0.391 e. The van der Waals surface area contributed by atoms with Crippen LogP contribution in [0.5, 0.6) is 0 Å². The zero-order valence-electron chi connectivity index (χ0n) is 11.5. The SMILES string of the molecule is CC.Cc1cc(N2CCC(O)C2)cc(C(F)(F)F)c1. The standard InChI is InChI=1S/C12H14F3NO.C2H6/c1-8-4-9(12(13,14)15)6-10(5-8)16-3-2-11(17)7-16;1-2/h4-6,11,17H,2-3,7H2,1H3;1-2H3. The van der Waals surface area contributed by atoms with E-state index in [0.29, 0.717) is 30.8 Å². The molecule has 1 aliphatic rings. The quantitative estimate of drug-likeness (QED) is 0.846. The summed E-state index contributed by atoms with van der Waals surface area (Å²) in [6.45, 7) is 6.65. The minimum absolute atomic E-state index is 0.404. The fourth-order valence-corrected chi connectivity index (χ4v) is 2.09. The van der Waals surface area contributed by atoms with E-state index in [-0.39, 0.29) is 0 Å². The van der Waals surface area contributed by atoms with Crippen molar-refractivity contribution in [1.82, 2.24) is 0 Å². The molecule has 1 N–H and O–H groups in total. The molecule has 0 bridgehead atoms. The molecule has 1 saturated heterocycles. The number of hydrogen-bond acceptors (Lipinski definition) is 2. The van der Waals surface area contributed by atoms with Gasteiger partial charge in [-0.2, -0.15) is 13.2 Å². The molecule has 108 valence electrons. The minimum atomic E-state index is -4.32. The summed E-state index contributed by atoms with van der Waals surface area (Å²) in [7, 11) is 0. The van der Waals surface area contributed by atoms with Gasteiger partial charge in [-0.25, -0.2) is 0 Å². The Balaban J connectivity index is 0.000000861. The molecular weight excluding hydrogens is 255 g/mol. The van der Waals surface area contributed by atoms with Gasteiger partial charge in [-0.3, -0.25) is 0 Å². The molecule has 1 fully saturated rings. The highest BCUT2D eigenvalue weighted by Gasteiger charge is 2.32. The molecule has 0 saturated carbocycles. The molecule has 1 aromatic rings. The van der Waals surface area contributed by atoms with E-state index in [1.165, 1.54) is 0 Å². The number of β-amino-alcohol motifs (C(OH)–C–C–N with tert-alkyl or cyclic N) is 1. The lowest BCUT2D eigenvalue weighted by Gasteiger charge is -2.20. The van der Waals surface area contributed by atoms with Crippen molar-refractivity contribution in [2.75, 3.05) is 18.0 Å². The molecule has 2 nitrogen and oxygen atoms in total. The Bertz CT molecular complexity index is 418. The van der Waals surface area contributed by atoms with Gasteiger partial charge in [-0.15, -0.1) is 0 Å². The lowest BCUT2D eigenvalue weighted by atomic mass is 10.1. The number of nitrogens with zero attached hydrogens (tertiary/aromatic N) is 1. The van der Waals surface area contributed by atoms with Crippen molar-refractivity contribution >= 4 is 5.69 Å². The van der Waals surface area contributed by atoms with Crippen molar-refractivity contribution < 1.29 is 18.3 Å². The van der Waals surface area contributed by atoms with Crippen LogP contribution < -0.4 is 4.90 Å². The van der Waals surface area contributed by atoms with E-state index in [1.54, 1.807) is 17.9 Å². The van der Waals surface area contributed by atoms with Gasteiger partial charge in [0.2, 0.25) is 0 Å². The first kappa shape index (κ1) is 15.8. The molecule has 0 amide bonds. The predicted octanol–water partition coefficient (Wildman–Crippen LogP) is 3.61. The second-order valence-corrected chi connectivity index (χ2v) is 4.44. The van der Waals surface area contributed by atoms with Crippen LogP contribution in [0.1, 0.15) is 31.4 Å². The lowest BCUT2D eigenvalue weighted by molar-refractivity contribution is -0.137. The highest BCUT2D eigenvalue weighted by molar-refractivity contribution is 5.52. The van der Waals surface area contributed by atoms with Crippen LogP contribution in [0.4, 0.5) is 18.9 Å². The Morgan fingerprint density at radius 3 is 2.32 bits per heavy atom. The number of benzene rings is 1. The highest BCUT2D eigenvalue weighted by atomic mass is 19.4. The van der Waals surface area contributed by atoms with Crippen LogP contribution in [0, 0.1) is 6.92 Å². The van der Waals surface area contributed by atoms with Crippen molar-refractivity contribution in [3.05, 3.63) is 29.3 Å². The third-order valence-electron chi connectivity index (χ3n) is 2.92. The molecule has 19 heavy (non-hydrogen) atoms. The normalized spacial score (nSPS) is 19.1. The average molecular weight is 275 g/mol. The summed E-state index contributed by atoms with van der Waals surface area (Å²) >= 11 is 0. The minimum Gasteiger partial charge on any atom is -0.391 e. The molecule has 1 aliphatic heterocycles. The van der Waals surface area contributed by atoms with Crippen molar-refractivity contribution in [3.63, 3.8) is 0 Å². The fraction of sp³-hybridized carbons (Fsp3) is 0.571. The number of hydrogen-bond donors (Lipinski definition) is 1.